The van der Waals surface area contributed by atoms with E-state index in [1.54, 1.807) is 0 Å². The molecule has 8 nitrogen and oxygen atoms in total. The van der Waals surface area contributed by atoms with Crippen molar-refractivity contribution in [1.82, 2.24) is 19.4 Å². The van der Waals surface area contributed by atoms with Crippen LogP contribution in [0.4, 0.5) is 13.2 Å². The topological polar surface area (TPSA) is 110 Å². The Hall–Kier alpha value is -3.20. The zero-order chi connectivity index (χ0) is 22.3. The van der Waals surface area contributed by atoms with Crippen molar-refractivity contribution in [3.05, 3.63) is 36.5 Å². The first-order valence-corrected chi connectivity index (χ1v) is 10.3. The van der Waals surface area contributed by atoms with Crippen LogP contribution in [-0.4, -0.2) is 39.1 Å². The van der Waals surface area contributed by atoms with Crippen LogP contribution in [0.5, 0.6) is 5.75 Å². The average Bonchev–Trinajstić information content (AvgIpc) is 3.10. The van der Waals surface area contributed by atoms with Crippen molar-refractivity contribution in [2.45, 2.75) is 37.4 Å². The molecule has 0 aliphatic heterocycles. The minimum absolute atomic E-state index is 0.0452. The summed E-state index contributed by atoms with van der Waals surface area (Å²) in [6.07, 6.45) is -1.14. The van der Waals surface area contributed by atoms with Gasteiger partial charge in [0.15, 0.2) is 15.4 Å². The quantitative estimate of drug-likeness (QED) is 0.600. The maximum absolute atomic E-state index is 12.9. The molecule has 30 heavy (non-hydrogen) atoms. The summed E-state index contributed by atoms with van der Waals surface area (Å²) in [6.45, 7) is 4.44. The normalized spacial score (nSPS) is 12.7. The number of fused-ring (bicyclic) bond motifs is 1. The summed E-state index contributed by atoms with van der Waals surface area (Å²) in [6, 6.07) is 3.91. The second-order valence-electron chi connectivity index (χ2n) is 6.81. The van der Waals surface area contributed by atoms with Gasteiger partial charge in [-0.3, -0.25) is 4.40 Å². The SMILES string of the molecule is CCS(=O)(=O)c1cc(OC(C)(C)C#N)cnc1-c1cn2cnc(C(F)(F)F)cc2n1. The lowest BCUT2D eigenvalue weighted by Crippen LogP contribution is -2.25. The largest absolute Gasteiger partial charge is 0.471 e. The highest BCUT2D eigenvalue weighted by Crippen LogP contribution is 2.32. The molecule has 0 amide bonds. The van der Waals surface area contributed by atoms with Crippen molar-refractivity contribution in [1.29, 1.82) is 5.26 Å². The lowest BCUT2D eigenvalue weighted by Gasteiger charge is -2.19. The van der Waals surface area contributed by atoms with Crippen molar-refractivity contribution >= 4 is 15.5 Å². The Balaban J connectivity index is 2.16. The van der Waals surface area contributed by atoms with E-state index in [-0.39, 0.29) is 33.4 Å². The number of rotatable bonds is 5. The third-order valence-electron chi connectivity index (χ3n) is 4.07. The molecule has 0 saturated heterocycles. The molecule has 3 aromatic rings. The molecule has 3 rings (SSSR count). The van der Waals surface area contributed by atoms with Gasteiger partial charge in [0.1, 0.15) is 40.9 Å². The number of nitrogens with zero attached hydrogens (tertiary/aromatic N) is 5. The molecule has 0 aromatic carbocycles. The van der Waals surface area contributed by atoms with Crippen molar-refractivity contribution in [2.75, 3.05) is 5.75 Å². The first kappa shape index (κ1) is 21.5. The molecule has 0 saturated carbocycles. The molecule has 0 radical (unpaired) electrons. The number of ether oxygens (including phenoxy) is 1. The van der Waals surface area contributed by atoms with Crippen LogP contribution in [0, 0.1) is 11.3 Å². The Bertz CT molecular complexity index is 1260. The minimum atomic E-state index is -4.64. The van der Waals surface area contributed by atoms with Gasteiger partial charge in [-0.05, 0) is 13.8 Å². The molecular formula is C18H16F3N5O3S. The predicted molar refractivity (Wildman–Crippen MR) is 99.3 cm³/mol. The Morgan fingerprint density at radius 3 is 2.53 bits per heavy atom. The number of nitriles is 1. The highest BCUT2D eigenvalue weighted by Gasteiger charge is 2.33. The number of alkyl halides is 3. The second-order valence-corrected chi connectivity index (χ2v) is 9.06. The highest BCUT2D eigenvalue weighted by atomic mass is 32.2. The molecule has 0 aliphatic carbocycles. The van der Waals surface area contributed by atoms with Gasteiger partial charge < -0.3 is 4.74 Å². The highest BCUT2D eigenvalue weighted by molar-refractivity contribution is 7.91. The predicted octanol–water partition coefficient (Wildman–Crippen LogP) is 3.28. The Morgan fingerprint density at radius 2 is 1.93 bits per heavy atom. The average molecular weight is 439 g/mol. The third-order valence-corrected chi connectivity index (χ3v) is 5.81. The number of hydrogen-bond donors (Lipinski definition) is 0. The van der Waals surface area contributed by atoms with Crippen molar-refractivity contribution in [2.24, 2.45) is 0 Å². The molecule has 0 bridgehead atoms. The molecule has 0 spiro atoms. The van der Waals surface area contributed by atoms with Gasteiger partial charge in [-0.2, -0.15) is 18.4 Å². The van der Waals surface area contributed by atoms with E-state index in [1.807, 2.05) is 6.07 Å². The van der Waals surface area contributed by atoms with E-state index >= 15 is 0 Å². The zero-order valence-corrected chi connectivity index (χ0v) is 16.9. The molecule has 0 aliphatic rings. The van der Waals surface area contributed by atoms with Gasteiger partial charge in [-0.1, -0.05) is 6.92 Å². The summed E-state index contributed by atoms with van der Waals surface area (Å²) in [7, 11) is -3.80. The standard InChI is InChI=1S/C18H16F3N5O3S/c1-4-30(27,28)13-5-11(29-17(2,3)9-22)7-23-16(13)12-8-26-10-24-14(18(19,20)21)6-15(26)25-12/h5-8,10H,4H2,1-3H3. The monoisotopic (exact) mass is 439 g/mol. The van der Waals surface area contributed by atoms with Crippen molar-refractivity contribution < 1.29 is 26.3 Å². The summed E-state index contributed by atoms with van der Waals surface area (Å²) in [5, 5.41) is 9.11. The zero-order valence-electron chi connectivity index (χ0n) is 16.1. The fourth-order valence-electron chi connectivity index (χ4n) is 2.55. The van der Waals surface area contributed by atoms with E-state index < -0.39 is 27.3 Å². The molecule has 0 atom stereocenters. The maximum atomic E-state index is 12.9. The smallest absolute Gasteiger partial charge is 0.433 e. The Labute approximate surface area is 169 Å². The molecular weight excluding hydrogens is 423 g/mol. The van der Waals surface area contributed by atoms with Crippen LogP contribution in [-0.2, 0) is 16.0 Å². The number of sulfone groups is 1. The van der Waals surface area contributed by atoms with Crippen LogP contribution in [0.2, 0.25) is 0 Å². The van der Waals surface area contributed by atoms with Crippen molar-refractivity contribution in [3.8, 4) is 23.2 Å². The van der Waals surface area contributed by atoms with Crippen molar-refractivity contribution in [3.63, 3.8) is 0 Å². The third kappa shape index (κ3) is 4.20. The van der Waals surface area contributed by atoms with Gasteiger partial charge in [0.05, 0.1) is 16.8 Å². The molecule has 0 N–H and O–H groups in total. The number of hydrogen-bond acceptors (Lipinski definition) is 7. The van der Waals surface area contributed by atoms with Gasteiger partial charge >= 0.3 is 6.18 Å². The maximum Gasteiger partial charge on any atom is 0.433 e. The minimum Gasteiger partial charge on any atom is -0.471 e. The summed E-state index contributed by atoms with van der Waals surface area (Å²) in [5.41, 5.74) is -2.41. The molecule has 0 unspecified atom stereocenters. The fraction of sp³-hybridized carbons (Fsp3) is 0.333. The van der Waals surface area contributed by atoms with E-state index in [4.69, 9.17) is 10.00 Å². The van der Waals surface area contributed by atoms with Gasteiger partial charge in [-0.25, -0.2) is 23.4 Å². The summed E-state index contributed by atoms with van der Waals surface area (Å²) in [4.78, 5) is 11.3. The van der Waals surface area contributed by atoms with E-state index in [9.17, 15) is 21.6 Å². The van der Waals surface area contributed by atoms with Crippen LogP contribution in [0.1, 0.15) is 26.5 Å². The molecule has 158 valence electrons. The van der Waals surface area contributed by atoms with Crippen LogP contribution >= 0.6 is 0 Å². The first-order valence-electron chi connectivity index (χ1n) is 8.61. The van der Waals surface area contributed by atoms with Crippen LogP contribution in [0.3, 0.4) is 0 Å². The Morgan fingerprint density at radius 1 is 1.23 bits per heavy atom. The van der Waals surface area contributed by atoms with E-state index in [0.717, 1.165) is 12.4 Å². The Kier molecular flexibility index (Phi) is 5.19. The summed E-state index contributed by atoms with van der Waals surface area (Å²) < 4.78 is 70.7. The van der Waals surface area contributed by atoms with Crippen LogP contribution < -0.4 is 4.74 Å². The molecule has 3 heterocycles. The lowest BCUT2D eigenvalue weighted by molar-refractivity contribution is -0.141. The van der Waals surface area contributed by atoms with Crippen LogP contribution in [0.25, 0.3) is 17.0 Å². The van der Waals surface area contributed by atoms with E-state index in [1.165, 1.54) is 43.6 Å². The molecule has 3 aromatic heterocycles. The fourth-order valence-corrected chi connectivity index (χ4v) is 3.60. The molecule has 0 fully saturated rings. The van der Waals surface area contributed by atoms with Gasteiger partial charge in [0.2, 0.25) is 0 Å². The second kappa shape index (κ2) is 7.24. The number of aromatic nitrogens is 4. The summed E-state index contributed by atoms with van der Waals surface area (Å²) >= 11 is 0. The van der Waals surface area contributed by atoms with Gasteiger partial charge in [0, 0.05) is 18.3 Å². The van der Waals surface area contributed by atoms with Gasteiger partial charge in [0.25, 0.3) is 0 Å². The van der Waals surface area contributed by atoms with E-state index in [2.05, 4.69) is 15.0 Å². The lowest BCUT2D eigenvalue weighted by atomic mass is 10.2. The summed E-state index contributed by atoms with van der Waals surface area (Å²) in [5.74, 6) is -0.193. The molecule has 12 heteroatoms. The van der Waals surface area contributed by atoms with Crippen LogP contribution in [0.15, 0.2) is 35.7 Å². The number of imidazole rings is 1. The number of pyridine rings is 1. The first-order chi connectivity index (χ1) is 13.9. The van der Waals surface area contributed by atoms with Gasteiger partial charge in [-0.15, -0.1) is 0 Å². The van der Waals surface area contributed by atoms with E-state index in [0.29, 0.717) is 0 Å². The number of halogens is 3.